The molecule has 0 saturated heterocycles. The van der Waals surface area contributed by atoms with Crippen molar-refractivity contribution in [3.8, 4) is 5.75 Å². The average Bonchev–Trinajstić information content (AvgIpc) is 3.02. The van der Waals surface area contributed by atoms with Crippen molar-refractivity contribution in [3.05, 3.63) is 63.9 Å². The maximum atomic E-state index is 11.7. The molecule has 0 spiro atoms. The van der Waals surface area contributed by atoms with E-state index in [-0.39, 0.29) is 18.0 Å². The molecule has 0 atom stereocenters. The summed E-state index contributed by atoms with van der Waals surface area (Å²) in [6, 6.07) is 9.72. The second-order valence-corrected chi connectivity index (χ2v) is 5.36. The average molecular weight is 328 g/mol. The number of aromatic carboxylic acids is 1. The Morgan fingerprint density at radius 1 is 1.17 bits per heavy atom. The Hall–Kier alpha value is -3.02. The van der Waals surface area contributed by atoms with Crippen LogP contribution in [0.5, 0.6) is 5.75 Å². The number of hydrogen-bond donors (Lipinski definition) is 1. The minimum Gasteiger partial charge on any atom is -0.486 e. The van der Waals surface area contributed by atoms with Gasteiger partial charge in [-0.15, -0.1) is 0 Å². The van der Waals surface area contributed by atoms with Crippen molar-refractivity contribution in [1.82, 2.24) is 0 Å². The van der Waals surface area contributed by atoms with Crippen molar-refractivity contribution in [2.24, 2.45) is 0 Å². The largest absolute Gasteiger partial charge is 0.486 e. The Kier molecular flexibility index (Phi) is 4.37. The highest BCUT2D eigenvalue weighted by Gasteiger charge is 2.10. The van der Waals surface area contributed by atoms with Gasteiger partial charge in [-0.1, -0.05) is 13.3 Å². The first kappa shape index (κ1) is 15.9. The zero-order chi connectivity index (χ0) is 17.1. The molecule has 0 unspecified atom stereocenters. The predicted octanol–water partition coefficient (Wildman–Crippen LogP) is 3.62. The molecule has 1 N–H and O–H groups in total. The van der Waals surface area contributed by atoms with E-state index in [9.17, 15) is 9.59 Å². The van der Waals surface area contributed by atoms with Crippen LogP contribution >= 0.6 is 0 Å². The number of carbonyl (C=O) groups is 1. The number of carboxylic acids is 1. The van der Waals surface area contributed by atoms with Crippen LogP contribution < -0.4 is 10.4 Å². The third-order valence-electron chi connectivity index (χ3n) is 3.57. The Morgan fingerprint density at radius 2 is 2.00 bits per heavy atom. The summed E-state index contributed by atoms with van der Waals surface area (Å²) in [5.41, 5.74) is 1.03. The fourth-order valence-corrected chi connectivity index (χ4v) is 2.50. The molecule has 6 heteroatoms. The van der Waals surface area contributed by atoms with Crippen LogP contribution in [0.3, 0.4) is 0 Å². The van der Waals surface area contributed by atoms with Crippen LogP contribution in [0, 0.1) is 0 Å². The molecular weight excluding hydrogens is 312 g/mol. The van der Waals surface area contributed by atoms with E-state index in [0.717, 1.165) is 23.8 Å². The molecule has 0 aliphatic heterocycles. The molecule has 0 saturated carbocycles. The first-order chi connectivity index (χ1) is 11.6. The zero-order valence-corrected chi connectivity index (χ0v) is 13.1. The summed E-state index contributed by atoms with van der Waals surface area (Å²) in [6.07, 6.45) is 1.73. The number of aryl methyl sites for hydroxylation is 1. The van der Waals surface area contributed by atoms with Crippen molar-refractivity contribution >= 4 is 16.9 Å². The summed E-state index contributed by atoms with van der Waals surface area (Å²) in [7, 11) is 0. The van der Waals surface area contributed by atoms with Crippen LogP contribution in [0.25, 0.3) is 11.0 Å². The maximum Gasteiger partial charge on any atom is 0.371 e. The molecule has 0 aliphatic carbocycles. The van der Waals surface area contributed by atoms with E-state index in [2.05, 4.69) is 0 Å². The van der Waals surface area contributed by atoms with E-state index in [1.165, 1.54) is 12.1 Å². The van der Waals surface area contributed by atoms with Gasteiger partial charge in [0.2, 0.25) is 5.76 Å². The summed E-state index contributed by atoms with van der Waals surface area (Å²) < 4.78 is 16.0. The highest BCUT2D eigenvalue weighted by molar-refractivity contribution is 5.84. The Bertz CT molecular complexity index is 934. The highest BCUT2D eigenvalue weighted by atomic mass is 16.5. The van der Waals surface area contributed by atoms with E-state index >= 15 is 0 Å². The third kappa shape index (κ3) is 3.32. The molecule has 3 rings (SSSR count). The van der Waals surface area contributed by atoms with E-state index in [0.29, 0.717) is 17.1 Å². The van der Waals surface area contributed by atoms with Gasteiger partial charge in [0, 0.05) is 17.5 Å². The lowest BCUT2D eigenvalue weighted by Gasteiger charge is -2.07. The number of rotatable bonds is 6. The third-order valence-corrected chi connectivity index (χ3v) is 3.57. The molecule has 2 aromatic heterocycles. The fraction of sp³-hybridized carbons (Fsp3) is 0.222. The number of fused-ring (bicyclic) bond motifs is 1. The Morgan fingerprint density at radius 3 is 2.71 bits per heavy atom. The first-order valence-corrected chi connectivity index (χ1v) is 7.58. The van der Waals surface area contributed by atoms with E-state index < -0.39 is 5.97 Å². The standard InChI is InChI=1S/C18H16O6/c1-2-3-11-8-17(19)24-16-9-12(4-6-14(11)16)22-10-13-5-7-15(23-13)18(20)21/h4-9H,2-3,10H2,1H3,(H,20,21). The van der Waals surface area contributed by atoms with Crippen molar-refractivity contribution in [1.29, 1.82) is 0 Å². The monoisotopic (exact) mass is 328 g/mol. The number of ether oxygens (including phenoxy) is 1. The molecule has 24 heavy (non-hydrogen) atoms. The smallest absolute Gasteiger partial charge is 0.371 e. The highest BCUT2D eigenvalue weighted by Crippen LogP contribution is 2.24. The molecule has 0 aliphatic rings. The normalized spacial score (nSPS) is 10.9. The molecule has 0 radical (unpaired) electrons. The van der Waals surface area contributed by atoms with Crippen molar-refractivity contribution in [2.45, 2.75) is 26.4 Å². The first-order valence-electron chi connectivity index (χ1n) is 7.58. The van der Waals surface area contributed by atoms with Gasteiger partial charge in [0.05, 0.1) is 0 Å². The number of benzene rings is 1. The molecular formula is C18H16O6. The number of hydrogen-bond acceptors (Lipinski definition) is 5. The van der Waals surface area contributed by atoms with Gasteiger partial charge < -0.3 is 18.7 Å². The summed E-state index contributed by atoms with van der Waals surface area (Å²) in [5.74, 6) is -0.360. The van der Waals surface area contributed by atoms with Crippen molar-refractivity contribution in [3.63, 3.8) is 0 Å². The topological polar surface area (TPSA) is 89.9 Å². The summed E-state index contributed by atoms with van der Waals surface area (Å²) in [6.45, 7) is 2.13. The van der Waals surface area contributed by atoms with Gasteiger partial charge in [0.15, 0.2) is 0 Å². The predicted molar refractivity (Wildman–Crippen MR) is 86.5 cm³/mol. The second kappa shape index (κ2) is 6.62. The molecule has 1 aromatic carbocycles. The lowest BCUT2D eigenvalue weighted by molar-refractivity contribution is 0.0658. The zero-order valence-electron chi connectivity index (χ0n) is 13.1. The summed E-state index contributed by atoms with van der Waals surface area (Å²) in [5, 5.41) is 9.71. The van der Waals surface area contributed by atoms with Crippen LogP contribution in [0.4, 0.5) is 0 Å². The Labute approximate surface area is 137 Å². The summed E-state index contributed by atoms with van der Waals surface area (Å²) in [4.78, 5) is 22.4. The van der Waals surface area contributed by atoms with Gasteiger partial charge in [0.1, 0.15) is 23.7 Å². The number of furan rings is 1. The Balaban J connectivity index is 1.82. The van der Waals surface area contributed by atoms with Crippen LogP contribution in [-0.2, 0) is 13.0 Å². The molecule has 124 valence electrons. The summed E-state index contributed by atoms with van der Waals surface area (Å²) >= 11 is 0. The van der Waals surface area contributed by atoms with Crippen LogP contribution in [-0.4, -0.2) is 11.1 Å². The maximum absolute atomic E-state index is 11.7. The molecule has 3 aromatic rings. The van der Waals surface area contributed by atoms with E-state index in [1.807, 2.05) is 13.0 Å². The van der Waals surface area contributed by atoms with Gasteiger partial charge in [-0.05, 0) is 36.2 Å². The van der Waals surface area contributed by atoms with Gasteiger partial charge in [-0.3, -0.25) is 0 Å². The minimum absolute atomic E-state index is 0.0810. The van der Waals surface area contributed by atoms with Gasteiger partial charge >= 0.3 is 11.6 Å². The lowest BCUT2D eigenvalue weighted by Crippen LogP contribution is -2.01. The van der Waals surface area contributed by atoms with Gasteiger partial charge in [-0.2, -0.15) is 0 Å². The van der Waals surface area contributed by atoms with Gasteiger partial charge in [-0.25, -0.2) is 9.59 Å². The van der Waals surface area contributed by atoms with Crippen molar-refractivity contribution in [2.75, 3.05) is 0 Å². The van der Waals surface area contributed by atoms with Crippen LogP contribution in [0.1, 0.15) is 35.2 Å². The van der Waals surface area contributed by atoms with Crippen LogP contribution in [0.15, 0.2) is 50.0 Å². The SMILES string of the molecule is CCCc1cc(=O)oc2cc(OCc3ccc(C(=O)O)o3)ccc12. The molecule has 0 bridgehead atoms. The van der Waals surface area contributed by atoms with E-state index in [1.54, 1.807) is 18.2 Å². The quantitative estimate of drug-likeness (QED) is 0.695. The molecule has 0 amide bonds. The van der Waals surface area contributed by atoms with E-state index in [4.69, 9.17) is 18.7 Å². The van der Waals surface area contributed by atoms with Crippen molar-refractivity contribution < 1.29 is 23.5 Å². The minimum atomic E-state index is -1.13. The van der Waals surface area contributed by atoms with Gasteiger partial charge in [0.25, 0.3) is 0 Å². The number of carboxylic acid groups (broad SMARTS) is 1. The molecule has 0 fully saturated rings. The fourth-order valence-electron chi connectivity index (χ4n) is 2.50. The second-order valence-electron chi connectivity index (χ2n) is 5.36. The lowest BCUT2D eigenvalue weighted by atomic mass is 10.1. The molecule has 2 heterocycles. The molecule has 6 nitrogen and oxygen atoms in total. The van der Waals surface area contributed by atoms with Crippen LogP contribution in [0.2, 0.25) is 0 Å².